The van der Waals surface area contributed by atoms with Crippen LogP contribution in [0, 0.1) is 0 Å². The first-order chi connectivity index (χ1) is 8.95. The average molecular weight is 275 g/mol. The molecule has 1 aromatic carbocycles. The highest BCUT2D eigenvalue weighted by atomic mass is 35.5. The van der Waals surface area contributed by atoms with Gasteiger partial charge >= 0.3 is 0 Å². The van der Waals surface area contributed by atoms with E-state index in [0.29, 0.717) is 0 Å². The molecule has 0 unspecified atom stereocenters. The third kappa shape index (κ3) is 3.97. The van der Waals surface area contributed by atoms with E-state index in [9.17, 15) is 0 Å². The number of hydrogen-bond donors (Lipinski definition) is 1. The summed E-state index contributed by atoms with van der Waals surface area (Å²) in [6.07, 6.45) is 1.93. The van der Waals surface area contributed by atoms with Gasteiger partial charge in [-0.15, -0.1) is 0 Å². The van der Waals surface area contributed by atoms with Crippen molar-refractivity contribution in [2.24, 2.45) is 0 Å². The zero-order chi connectivity index (χ0) is 13.9. The summed E-state index contributed by atoms with van der Waals surface area (Å²) >= 11 is 5.95. The summed E-state index contributed by atoms with van der Waals surface area (Å²) < 4.78 is 0. The second kappa shape index (κ2) is 5.62. The van der Waals surface area contributed by atoms with E-state index >= 15 is 0 Å². The minimum atomic E-state index is 0.137. The Morgan fingerprint density at radius 1 is 1.16 bits per heavy atom. The van der Waals surface area contributed by atoms with Crippen molar-refractivity contribution in [3.8, 4) is 0 Å². The fourth-order valence-corrected chi connectivity index (χ4v) is 1.99. The Morgan fingerprint density at radius 3 is 2.53 bits per heavy atom. The largest absolute Gasteiger partial charge is 0.366 e. The van der Waals surface area contributed by atoms with Crippen LogP contribution in [-0.4, -0.2) is 4.98 Å². The molecule has 0 spiro atoms. The van der Waals surface area contributed by atoms with Gasteiger partial charge in [0, 0.05) is 17.8 Å². The van der Waals surface area contributed by atoms with Gasteiger partial charge in [0.25, 0.3) is 0 Å². The SMILES string of the molecule is CC(C)(C)c1ccc(NCc2cccc(Cl)c2)nc1. The van der Waals surface area contributed by atoms with Gasteiger partial charge in [0.1, 0.15) is 5.82 Å². The maximum absolute atomic E-state index is 5.95. The number of pyridine rings is 1. The van der Waals surface area contributed by atoms with Gasteiger partial charge in [0.2, 0.25) is 0 Å². The molecule has 0 bridgehead atoms. The summed E-state index contributed by atoms with van der Waals surface area (Å²) in [4.78, 5) is 4.44. The lowest BCUT2D eigenvalue weighted by Gasteiger charge is -2.18. The number of benzene rings is 1. The van der Waals surface area contributed by atoms with Crippen molar-refractivity contribution in [2.75, 3.05) is 5.32 Å². The van der Waals surface area contributed by atoms with Crippen molar-refractivity contribution < 1.29 is 0 Å². The third-order valence-electron chi connectivity index (χ3n) is 2.99. The van der Waals surface area contributed by atoms with Gasteiger partial charge in [0.05, 0.1) is 0 Å². The molecule has 3 heteroatoms. The van der Waals surface area contributed by atoms with Crippen LogP contribution in [0.3, 0.4) is 0 Å². The Kier molecular flexibility index (Phi) is 4.11. The molecular weight excluding hydrogens is 256 g/mol. The lowest BCUT2D eigenvalue weighted by molar-refractivity contribution is 0.587. The first-order valence-corrected chi connectivity index (χ1v) is 6.78. The normalized spacial score (nSPS) is 11.4. The van der Waals surface area contributed by atoms with Crippen LogP contribution in [-0.2, 0) is 12.0 Å². The predicted octanol–water partition coefficient (Wildman–Crippen LogP) is 4.64. The monoisotopic (exact) mass is 274 g/mol. The minimum Gasteiger partial charge on any atom is -0.366 e. The maximum atomic E-state index is 5.95. The standard InChI is InChI=1S/C16H19ClN2/c1-16(2,3)13-7-8-15(19-11-13)18-10-12-5-4-6-14(17)9-12/h4-9,11H,10H2,1-3H3,(H,18,19). The van der Waals surface area contributed by atoms with E-state index in [1.54, 1.807) is 0 Å². The Hall–Kier alpha value is -1.54. The Morgan fingerprint density at radius 2 is 1.95 bits per heavy atom. The number of nitrogens with zero attached hydrogens (tertiary/aromatic N) is 1. The second-order valence-corrected chi connectivity index (χ2v) is 6.10. The summed E-state index contributed by atoms with van der Waals surface area (Å²) in [5, 5.41) is 4.06. The first-order valence-electron chi connectivity index (χ1n) is 6.40. The van der Waals surface area contributed by atoms with E-state index in [1.807, 2.05) is 36.5 Å². The molecular formula is C16H19ClN2. The van der Waals surface area contributed by atoms with Crippen molar-refractivity contribution in [1.82, 2.24) is 4.98 Å². The lowest BCUT2D eigenvalue weighted by atomic mass is 9.88. The summed E-state index contributed by atoms with van der Waals surface area (Å²) in [5.74, 6) is 0.882. The van der Waals surface area contributed by atoms with Crippen LogP contribution in [0.25, 0.3) is 0 Å². The van der Waals surface area contributed by atoms with Crippen LogP contribution in [0.2, 0.25) is 5.02 Å². The lowest BCUT2D eigenvalue weighted by Crippen LogP contribution is -2.11. The number of anilines is 1. The maximum Gasteiger partial charge on any atom is 0.126 e. The van der Waals surface area contributed by atoms with E-state index in [1.165, 1.54) is 5.56 Å². The Bertz CT molecular complexity index is 541. The van der Waals surface area contributed by atoms with Gasteiger partial charge < -0.3 is 5.32 Å². The fourth-order valence-electron chi connectivity index (χ4n) is 1.78. The molecule has 0 atom stereocenters. The van der Waals surface area contributed by atoms with Crippen LogP contribution < -0.4 is 5.32 Å². The van der Waals surface area contributed by atoms with Crippen molar-refractivity contribution in [1.29, 1.82) is 0 Å². The molecule has 2 rings (SSSR count). The molecule has 0 fully saturated rings. The van der Waals surface area contributed by atoms with Crippen molar-refractivity contribution in [3.63, 3.8) is 0 Å². The number of halogens is 1. The van der Waals surface area contributed by atoms with E-state index in [2.05, 4.69) is 37.1 Å². The number of rotatable bonds is 3. The van der Waals surface area contributed by atoms with E-state index in [-0.39, 0.29) is 5.41 Å². The summed E-state index contributed by atoms with van der Waals surface area (Å²) in [6.45, 7) is 7.28. The molecule has 0 aliphatic rings. The van der Waals surface area contributed by atoms with Gasteiger partial charge in [-0.2, -0.15) is 0 Å². The van der Waals surface area contributed by atoms with Crippen molar-refractivity contribution >= 4 is 17.4 Å². The molecule has 0 amide bonds. The number of hydrogen-bond acceptors (Lipinski definition) is 2. The predicted molar refractivity (Wildman–Crippen MR) is 81.7 cm³/mol. The molecule has 0 saturated carbocycles. The fraction of sp³-hybridized carbons (Fsp3) is 0.312. The van der Waals surface area contributed by atoms with Gasteiger partial charge in [-0.3, -0.25) is 0 Å². The van der Waals surface area contributed by atoms with Gasteiger partial charge in [-0.05, 0) is 34.7 Å². The molecule has 100 valence electrons. The highest BCUT2D eigenvalue weighted by Crippen LogP contribution is 2.22. The molecule has 0 radical (unpaired) electrons. The summed E-state index contributed by atoms with van der Waals surface area (Å²) in [7, 11) is 0. The Labute approximate surface area is 119 Å². The average Bonchev–Trinajstić information content (AvgIpc) is 2.36. The van der Waals surface area contributed by atoms with Crippen LogP contribution in [0.5, 0.6) is 0 Å². The van der Waals surface area contributed by atoms with E-state index in [0.717, 1.165) is 22.9 Å². The summed E-state index contributed by atoms with van der Waals surface area (Å²) in [5.41, 5.74) is 2.52. The van der Waals surface area contributed by atoms with E-state index < -0.39 is 0 Å². The minimum absolute atomic E-state index is 0.137. The van der Waals surface area contributed by atoms with E-state index in [4.69, 9.17) is 11.6 Å². The number of nitrogens with one attached hydrogen (secondary N) is 1. The first kappa shape index (κ1) is 13.9. The van der Waals surface area contributed by atoms with Gasteiger partial charge in [-0.1, -0.05) is 50.6 Å². The molecule has 2 nitrogen and oxygen atoms in total. The smallest absolute Gasteiger partial charge is 0.126 e. The molecule has 2 aromatic rings. The highest BCUT2D eigenvalue weighted by Gasteiger charge is 2.13. The number of aromatic nitrogens is 1. The van der Waals surface area contributed by atoms with Crippen molar-refractivity contribution in [2.45, 2.75) is 32.7 Å². The molecule has 19 heavy (non-hydrogen) atoms. The second-order valence-electron chi connectivity index (χ2n) is 5.67. The molecule has 0 saturated heterocycles. The zero-order valence-corrected chi connectivity index (χ0v) is 12.3. The van der Waals surface area contributed by atoms with Crippen molar-refractivity contribution in [3.05, 3.63) is 58.7 Å². The zero-order valence-electron chi connectivity index (χ0n) is 11.6. The summed E-state index contributed by atoms with van der Waals surface area (Å²) in [6, 6.07) is 12.0. The van der Waals surface area contributed by atoms with Crippen LogP contribution in [0.1, 0.15) is 31.9 Å². The van der Waals surface area contributed by atoms with Gasteiger partial charge in [-0.25, -0.2) is 4.98 Å². The topological polar surface area (TPSA) is 24.9 Å². The molecule has 1 N–H and O–H groups in total. The highest BCUT2D eigenvalue weighted by molar-refractivity contribution is 6.30. The Balaban J connectivity index is 2.01. The third-order valence-corrected chi connectivity index (χ3v) is 3.23. The molecule has 0 aliphatic heterocycles. The van der Waals surface area contributed by atoms with Crippen LogP contribution in [0.15, 0.2) is 42.6 Å². The van der Waals surface area contributed by atoms with Crippen LogP contribution >= 0.6 is 11.6 Å². The molecule has 0 aliphatic carbocycles. The molecule has 1 heterocycles. The quantitative estimate of drug-likeness (QED) is 0.882. The van der Waals surface area contributed by atoms with Crippen LogP contribution in [0.4, 0.5) is 5.82 Å². The molecule has 1 aromatic heterocycles. The van der Waals surface area contributed by atoms with Gasteiger partial charge in [0.15, 0.2) is 0 Å².